The highest BCUT2D eigenvalue weighted by Crippen LogP contribution is 2.30. The van der Waals surface area contributed by atoms with Crippen molar-refractivity contribution in [3.05, 3.63) is 58.4 Å². The Morgan fingerprint density at radius 1 is 1.34 bits per heavy atom. The zero-order chi connectivity index (χ0) is 23.3. The van der Waals surface area contributed by atoms with Crippen molar-refractivity contribution in [3.8, 4) is 5.75 Å². The van der Waals surface area contributed by atoms with Gasteiger partial charge in [0.15, 0.2) is 0 Å². The molecule has 2 N–H and O–H groups in total. The van der Waals surface area contributed by atoms with Crippen LogP contribution in [0.4, 0.5) is 23.7 Å². The van der Waals surface area contributed by atoms with Gasteiger partial charge in [0.1, 0.15) is 5.75 Å². The zero-order valence-electron chi connectivity index (χ0n) is 17.4. The van der Waals surface area contributed by atoms with Crippen LogP contribution in [0.3, 0.4) is 0 Å². The standard InChI is InChI=1S/C22H23ClF3N3O3/c1-2-15-12-17(3-4-19(15)32-22(24,25)26)28-21(31)29-8-5-16(6-9-29)20-18(23)11-14(7-10-30)13-27-20/h3-5,11-13,30H,2,6-10H2,1H3,(H,28,31). The fraction of sp³-hybridized carbons (Fsp3) is 0.364. The van der Waals surface area contributed by atoms with E-state index in [1.807, 2.05) is 6.08 Å². The summed E-state index contributed by atoms with van der Waals surface area (Å²) in [5.41, 5.74) is 3.15. The van der Waals surface area contributed by atoms with Crippen LogP contribution in [-0.2, 0) is 12.8 Å². The molecular formula is C22H23ClF3N3O3. The van der Waals surface area contributed by atoms with Crippen LogP contribution in [-0.4, -0.2) is 47.1 Å². The van der Waals surface area contributed by atoms with Crippen LogP contribution >= 0.6 is 11.6 Å². The Bertz CT molecular complexity index is 1010. The summed E-state index contributed by atoms with van der Waals surface area (Å²) in [4.78, 5) is 18.6. The van der Waals surface area contributed by atoms with Crippen LogP contribution in [0.15, 0.2) is 36.5 Å². The van der Waals surface area contributed by atoms with Gasteiger partial charge < -0.3 is 20.1 Å². The lowest BCUT2D eigenvalue weighted by molar-refractivity contribution is -0.274. The molecule has 32 heavy (non-hydrogen) atoms. The molecular weight excluding hydrogens is 447 g/mol. The number of aromatic nitrogens is 1. The summed E-state index contributed by atoms with van der Waals surface area (Å²) < 4.78 is 41.6. The van der Waals surface area contributed by atoms with E-state index in [0.717, 1.165) is 11.1 Å². The summed E-state index contributed by atoms with van der Waals surface area (Å²) in [6.07, 6.45) is 0.121. The molecule has 3 rings (SSSR count). The van der Waals surface area contributed by atoms with E-state index < -0.39 is 6.36 Å². The number of rotatable bonds is 6. The molecule has 0 atom stereocenters. The second-order valence-corrected chi connectivity index (χ2v) is 7.63. The number of ether oxygens (including phenoxy) is 1. The van der Waals surface area contributed by atoms with Crippen molar-refractivity contribution < 1.29 is 27.8 Å². The molecule has 6 nitrogen and oxygen atoms in total. The SMILES string of the molecule is CCc1cc(NC(=O)N2CC=C(c3ncc(CCO)cc3Cl)CC2)ccc1OC(F)(F)F. The number of aryl methyl sites for hydroxylation is 1. The largest absolute Gasteiger partial charge is 0.573 e. The second-order valence-electron chi connectivity index (χ2n) is 7.23. The highest BCUT2D eigenvalue weighted by molar-refractivity contribution is 6.32. The van der Waals surface area contributed by atoms with E-state index in [1.165, 1.54) is 18.2 Å². The minimum absolute atomic E-state index is 0.0158. The Labute approximate surface area is 188 Å². The number of benzene rings is 1. The minimum atomic E-state index is -4.77. The van der Waals surface area contributed by atoms with Gasteiger partial charge in [-0.25, -0.2) is 4.79 Å². The molecule has 0 fully saturated rings. The van der Waals surface area contributed by atoms with Gasteiger partial charge in [0.25, 0.3) is 0 Å². The number of urea groups is 1. The summed E-state index contributed by atoms with van der Waals surface area (Å²) in [5.74, 6) is -0.280. The number of aliphatic hydroxyl groups is 1. The van der Waals surface area contributed by atoms with Crippen molar-refractivity contribution in [1.29, 1.82) is 0 Å². The van der Waals surface area contributed by atoms with Crippen molar-refractivity contribution in [3.63, 3.8) is 0 Å². The fourth-order valence-corrected chi connectivity index (χ4v) is 3.72. The molecule has 172 valence electrons. The third kappa shape index (κ3) is 6.14. The van der Waals surface area contributed by atoms with Crippen LogP contribution in [0.25, 0.3) is 5.57 Å². The zero-order valence-corrected chi connectivity index (χ0v) is 18.1. The molecule has 1 aromatic heterocycles. The number of nitrogens with zero attached hydrogens (tertiary/aromatic N) is 2. The number of amides is 2. The first-order chi connectivity index (χ1) is 15.2. The van der Waals surface area contributed by atoms with Gasteiger partial charge in [0, 0.05) is 31.6 Å². The van der Waals surface area contributed by atoms with E-state index in [-0.39, 0.29) is 18.4 Å². The molecule has 10 heteroatoms. The number of halogens is 4. The van der Waals surface area contributed by atoms with Crippen LogP contribution in [0.1, 0.15) is 30.2 Å². The van der Waals surface area contributed by atoms with E-state index in [0.29, 0.717) is 54.3 Å². The Morgan fingerprint density at radius 3 is 2.72 bits per heavy atom. The molecule has 2 amide bonds. The average molecular weight is 470 g/mol. The van der Waals surface area contributed by atoms with Gasteiger partial charge in [-0.2, -0.15) is 0 Å². The van der Waals surface area contributed by atoms with E-state index in [4.69, 9.17) is 16.7 Å². The molecule has 0 radical (unpaired) electrons. The molecule has 0 spiro atoms. The number of aliphatic hydroxyl groups excluding tert-OH is 1. The normalized spacial score (nSPS) is 14.2. The molecule has 0 saturated heterocycles. The van der Waals surface area contributed by atoms with Gasteiger partial charge in [0.05, 0.1) is 10.7 Å². The van der Waals surface area contributed by atoms with E-state index in [1.54, 1.807) is 24.1 Å². The number of alkyl halides is 3. The van der Waals surface area contributed by atoms with Crippen molar-refractivity contribution in [1.82, 2.24) is 9.88 Å². The number of anilines is 1. The van der Waals surface area contributed by atoms with Gasteiger partial charge in [-0.1, -0.05) is 24.6 Å². The maximum atomic E-state index is 12.6. The number of carbonyl (C=O) groups is 1. The van der Waals surface area contributed by atoms with Crippen LogP contribution < -0.4 is 10.1 Å². The third-order valence-corrected chi connectivity index (χ3v) is 5.31. The number of hydrogen-bond acceptors (Lipinski definition) is 4. The Morgan fingerprint density at radius 2 is 2.12 bits per heavy atom. The lowest BCUT2D eigenvalue weighted by Crippen LogP contribution is -2.38. The van der Waals surface area contributed by atoms with E-state index in [2.05, 4.69) is 15.0 Å². The van der Waals surface area contributed by atoms with Crippen LogP contribution in [0.5, 0.6) is 5.75 Å². The monoisotopic (exact) mass is 469 g/mol. The van der Waals surface area contributed by atoms with Crippen molar-refractivity contribution in [2.24, 2.45) is 0 Å². The van der Waals surface area contributed by atoms with Crippen LogP contribution in [0.2, 0.25) is 5.02 Å². The predicted molar refractivity (Wildman–Crippen MR) is 116 cm³/mol. The topological polar surface area (TPSA) is 74.7 Å². The highest BCUT2D eigenvalue weighted by Gasteiger charge is 2.32. The van der Waals surface area contributed by atoms with Gasteiger partial charge in [-0.3, -0.25) is 4.98 Å². The fourth-order valence-electron chi connectivity index (χ4n) is 3.41. The molecule has 1 aliphatic rings. The first-order valence-electron chi connectivity index (χ1n) is 10.1. The Kier molecular flexibility index (Phi) is 7.63. The molecule has 1 aliphatic heterocycles. The van der Waals surface area contributed by atoms with Gasteiger partial charge in [-0.15, -0.1) is 13.2 Å². The summed E-state index contributed by atoms with van der Waals surface area (Å²) >= 11 is 6.33. The number of carbonyl (C=O) groups excluding carboxylic acids is 1. The van der Waals surface area contributed by atoms with E-state index >= 15 is 0 Å². The van der Waals surface area contributed by atoms with Gasteiger partial charge >= 0.3 is 12.4 Å². The summed E-state index contributed by atoms with van der Waals surface area (Å²) in [7, 11) is 0. The first-order valence-corrected chi connectivity index (χ1v) is 10.5. The molecule has 2 heterocycles. The minimum Gasteiger partial charge on any atom is -0.406 e. The average Bonchev–Trinajstić information content (AvgIpc) is 2.74. The first kappa shape index (κ1) is 23.9. The van der Waals surface area contributed by atoms with Crippen molar-refractivity contribution in [2.75, 3.05) is 25.0 Å². The number of nitrogens with one attached hydrogen (secondary N) is 1. The van der Waals surface area contributed by atoms with Crippen molar-refractivity contribution in [2.45, 2.75) is 32.5 Å². The molecule has 0 unspecified atom stereocenters. The Hall–Kier alpha value is -2.78. The maximum Gasteiger partial charge on any atom is 0.573 e. The predicted octanol–water partition coefficient (Wildman–Crippen LogP) is 5.05. The lowest BCUT2D eigenvalue weighted by Gasteiger charge is -2.27. The van der Waals surface area contributed by atoms with Crippen molar-refractivity contribution >= 4 is 28.9 Å². The molecule has 0 bridgehead atoms. The lowest BCUT2D eigenvalue weighted by atomic mass is 10.0. The summed E-state index contributed by atoms with van der Waals surface area (Å²) in [5, 5.41) is 12.2. The third-order valence-electron chi connectivity index (χ3n) is 5.02. The van der Waals surface area contributed by atoms with E-state index in [9.17, 15) is 18.0 Å². The Balaban J connectivity index is 1.65. The number of pyridine rings is 1. The quantitative estimate of drug-likeness (QED) is 0.620. The highest BCUT2D eigenvalue weighted by atomic mass is 35.5. The molecule has 0 aliphatic carbocycles. The summed E-state index contributed by atoms with van der Waals surface area (Å²) in [6, 6.07) is 5.47. The van der Waals surface area contributed by atoms with Gasteiger partial charge in [0.2, 0.25) is 0 Å². The number of hydrogen-bond donors (Lipinski definition) is 2. The maximum absolute atomic E-state index is 12.6. The van der Waals surface area contributed by atoms with Gasteiger partial charge in [-0.05, 0) is 60.2 Å². The van der Waals surface area contributed by atoms with Crippen LogP contribution in [0, 0.1) is 0 Å². The molecule has 1 aromatic carbocycles. The summed E-state index contributed by atoms with van der Waals surface area (Å²) in [6.45, 7) is 2.50. The smallest absolute Gasteiger partial charge is 0.406 e. The second kappa shape index (κ2) is 10.2. The molecule has 0 saturated carbocycles. The molecule has 2 aromatic rings.